The fourth-order valence-corrected chi connectivity index (χ4v) is 9.00. The van der Waals surface area contributed by atoms with Gasteiger partial charge < -0.3 is 9.30 Å². The number of fused-ring (bicyclic) bond motifs is 2. The van der Waals surface area contributed by atoms with E-state index in [-0.39, 0.29) is 12.2 Å². The highest BCUT2D eigenvalue weighted by Crippen LogP contribution is 2.38. The molecule has 0 amide bonds. The van der Waals surface area contributed by atoms with E-state index < -0.39 is 12.0 Å². The number of nitrogens with zero attached hydrogens (tertiary/aromatic N) is 4. The lowest BCUT2D eigenvalue weighted by Crippen LogP contribution is -2.39. The van der Waals surface area contributed by atoms with Gasteiger partial charge in [-0.3, -0.25) is 9.36 Å². The Morgan fingerprint density at radius 2 is 1.93 bits per heavy atom. The molecule has 6 rings (SSSR count). The lowest BCUT2D eigenvalue weighted by Gasteiger charge is -2.24. The van der Waals surface area contributed by atoms with Crippen LogP contribution in [0.25, 0.3) is 11.1 Å². The van der Waals surface area contributed by atoms with Crippen LogP contribution in [0.5, 0.6) is 0 Å². The van der Waals surface area contributed by atoms with Crippen molar-refractivity contribution in [3.05, 3.63) is 99.8 Å². The quantitative estimate of drug-likeness (QED) is 0.201. The van der Waals surface area contributed by atoms with E-state index >= 15 is 0 Å². The molecule has 0 saturated heterocycles. The number of benzene rings is 1. The molecule has 0 saturated carbocycles. The molecular weight excluding hydrogens is 597 g/mol. The monoisotopic (exact) mass is 628 g/mol. The summed E-state index contributed by atoms with van der Waals surface area (Å²) in [7, 11) is 0. The van der Waals surface area contributed by atoms with Crippen molar-refractivity contribution >= 4 is 46.5 Å². The standard InChI is InChI=1S/C33H32N4O3S3/c1-6-40-32(39)28-19(3)35-33-37(29(28)21-11-13-23(41-5)14-12-21)30(38)27(43-33)16-22-15-18(2)36(20(22)4)31-25(17-34)24-9-7-8-10-26(24)42-31/h11-16,29H,6-10H2,1-5H3/b27-16+/t29-/m0/s1. The molecule has 4 aromatic rings. The molecule has 10 heteroatoms. The van der Waals surface area contributed by atoms with Crippen molar-refractivity contribution in [2.45, 2.75) is 64.3 Å². The molecule has 1 aliphatic carbocycles. The molecule has 1 aliphatic heterocycles. The number of allylic oxidation sites excluding steroid dienone is 1. The van der Waals surface area contributed by atoms with E-state index in [0.717, 1.165) is 63.7 Å². The summed E-state index contributed by atoms with van der Waals surface area (Å²) in [6.45, 7) is 7.88. The number of esters is 1. The van der Waals surface area contributed by atoms with Crippen molar-refractivity contribution < 1.29 is 9.53 Å². The Labute approximate surface area is 262 Å². The molecule has 1 aromatic carbocycles. The molecule has 2 aliphatic rings. The van der Waals surface area contributed by atoms with Gasteiger partial charge in [-0.15, -0.1) is 23.1 Å². The Balaban J connectivity index is 1.50. The minimum absolute atomic E-state index is 0.203. The Hall–Kier alpha value is -3.65. The van der Waals surface area contributed by atoms with E-state index in [0.29, 0.717) is 20.6 Å². The molecule has 3 aromatic heterocycles. The first kappa shape index (κ1) is 29.4. The average Bonchev–Trinajstić information content (AvgIpc) is 3.61. The number of ether oxygens (including phenoxy) is 1. The van der Waals surface area contributed by atoms with Gasteiger partial charge in [0.1, 0.15) is 11.1 Å². The van der Waals surface area contributed by atoms with Crippen LogP contribution in [0.2, 0.25) is 0 Å². The number of thiophene rings is 1. The topological polar surface area (TPSA) is 89.4 Å². The molecule has 0 fully saturated rings. The van der Waals surface area contributed by atoms with Crippen LogP contribution >= 0.6 is 34.4 Å². The van der Waals surface area contributed by atoms with Crippen molar-refractivity contribution in [2.75, 3.05) is 12.9 Å². The number of thiazole rings is 1. The minimum Gasteiger partial charge on any atom is -0.463 e. The number of thioether (sulfide) groups is 1. The van der Waals surface area contributed by atoms with E-state index in [4.69, 9.17) is 9.73 Å². The van der Waals surface area contributed by atoms with Gasteiger partial charge >= 0.3 is 5.97 Å². The first-order valence-electron chi connectivity index (χ1n) is 14.3. The molecule has 1 atom stereocenters. The highest BCUT2D eigenvalue weighted by atomic mass is 32.2. The summed E-state index contributed by atoms with van der Waals surface area (Å²) in [6.07, 6.45) is 8.18. The van der Waals surface area contributed by atoms with Crippen LogP contribution in [-0.2, 0) is 22.4 Å². The van der Waals surface area contributed by atoms with Crippen LogP contribution in [0.3, 0.4) is 0 Å². The SMILES string of the molecule is CCOC(=O)C1=C(C)N=c2s/c(=C/c3cc(C)n(-c4sc5c(c4C#N)CCCC5)c3C)c(=O)n2[C@H]1c1ccc(SC)cc1. The largest absolute Gasteiger partial charge is 0.463 e. The van der Waals surface area contributed by atoms with Crippen molar-refractivity contribution in [3.8, 4) is 11.1 Å². The van der Waals surface area contributed by atoms with E-state index in [2.05, 4.69) is 16.7 Å². The fourth-order valence-electron chi connectivity index (χ4n) is 6.10. The predicted molar refractivity (Wildman–Crippen MR) is 173 cm³/mol. The first-order valence-corrected chi connectivity index (χ1v) is 17.2. The normalized spacial score (nSPS) is 16.5. The van der Waals surface area contributed by atoms with Crippen molar-refractivity contribution in [1.82, 2.24) is 9.13 Å². The van der Waals surface area contributed by atoms with E-state index in [1.807, 2.05) is 50.4 Å². The third-order valence-electron chi connectivity index (χ3n) is 8.17. The van der Waals surface area contributed by atoms with Gasteiger partial charge in [0, 0.05) is 21.2 Å². The Kier molecular flexibility index (Phi) is 8.07. The third-order valence-corrected chi connectivity index (χ3v) is 11.2. The molecular formula is C33H32N4O3S3. The smallest absolute Gasteiger partial charge is 0.338 e. The fraction of sp³-hybridized carbons (Fsp3) is 0.333. The molecule has 0 spiro atoms. The van der Waals surface area contributed by atoms with Crippen LogP contribution in [0.15, 0.2) is 56.3 Å². The maximum atomic E-state index is 14.1. The average molecular weight is 629 g/mol. The predicted octanol–water partition coefficient (Wildman–Crippen LogP) is 5.74. The number of carbonyl (C=O) groups excluding carboxylic acids is 1. The first-order chi connectivity index (χ1) is 20.8. The molecule has 4 heterocycles. The Morgan fingerprint density at radius 1 is 1.19 bits per heavy atom. The van der Waals surface area contributed by atoms with Gasteiger partial charge in [0.25, 0.3) is 5.56 Å². The van der Waals surface area contributed by atoms with Crippen LogP contribution < -0.4 is 14.9 Å². The molecule has 220 valence electrons. The second-order valence-electron chi connectivity index (χ2n) is 10.7. The highest BCUT2D eigenvalue weighted by Gasteiger charge is 2.33. The van der Waals surface area contributed by atoms with Crippen LogP contribution in [0.1, 0.15) is 71.2 Å². The van der Waals surface area contributed by atoms with Crippen molar-refractivity contribution in [3.63, 3.8) is 0 Å². The van der Waals surface area contributed by atoms with Crippen LogP contribution in [-0.4, -0.2) is 28.0 Å². The summed E-state index contributed by atoms with van der Waals surface area (Å²) in [5, 5.41) is 11.1. The maximum Gasteiger partial charge on any atom is 0.338 e. The number of hydrogen-bond donors (Lipinski definition) is 0. The third kappa shape index (κ3) is 5.03. The second kappa shape index (κ2) is 11.8. The van der Waals surface area contributed by atoms with Gasteiger partial charge in [-0.05, 0) is 101 Å². The summed E-state index contributed by atoms with van der Waals surface area (Å²) in [5.41, 5.74) is 6.44. The molecule has 0 N–H and O–H groups in total. The van der Waals surface area contributed by atoms with Gasteiger partial charge in [0.05, 0.1) is 34.0 Å². The lowest BCUT2D eigenvalue weighted by atomic mass is 9.96. The van der Waals surface area contributed by atoms with Gasteiger partial charge in [-0.25, -0.2) is 9.79 Å². The lowest BCUT2D eigenvalue weighted by molar-refractivity contribution is -0.139. The molecule has 43 heavy (non-hydrogen) atoms. The molecule has 0 radical (unpaired) electrons. The van der Waals surface area contributed by atoms with Gasteiger partial charge in [-0.2, -0.15) is 5.26 Å². The van der Waals surface area contributed by atoms with Gasteiger partial charge in [0.2, 0.25) is 0 Å². The van der Waals surface area contributed by atoms with E-state index in [1.54, 1.807) is 41.5 Å². The van der Waals surface area contributed by atoms with Crippen LogP contribution in [0, 0.1) is 25.2 Å². The van der Waals surface area contributed by atoms with E-state index in [9.17, 15) is 14.9 Å². The number of hydrogen-bond acceptors (Lipinski definition) is 8. The summed E-state index contributed by atoms with van der Waals surface area (Å²) in [6, 6.07) is 11.8. The van der Waals surface area contributed by atoms with Gasteiger partial charge in [0.15, 0.2) is 4.80 Å². The number of rotatable bonds is 6. The van der Waals surface area contributed by atoms with E-state index in [1.165, 1.54) is 21.8 Å². The maximum absolute atomic E-state index is 14.1. The Bertz CT molecular complexity index is 2020. The number of carbonyl (C=O) groups is 1. The summed E-state index contributed by atoms with van der Waals surface area (Å²) < 4.78 is 9.74. The number of aryl methyl sites for hydroxylation is 2. The number of aromatic nitrogens is 2. The molecule has 7 nitrogen and oxygen atoms in total. The Morgan fingerprint density at radius 3 is 2.63 bits per heavy atom. The summed E-state index contributed by atoms with van der Waals surface area (Å²) in [4.78, 5) is 35.0. The zero-order valence-electron chi connectivity index (χ0n) is 24.8. The summed E-state index contributed by atoms with van der Waals surface area (Å²) >= 11 is 4.67. The highest BCUT2D eigenvalue weighted by molar-refractivity contribution is 7.98. The van der Waals surface area contributed by atoms with Crippen LogP contribution in [0.4, 0.5) is 0 Å². The van der Waals surface area contributed by atoms with Crippen molar-refractivity contribution in [1.29, 1.82) is 5.26 Å². The minimum atomic E-state index is -0.642. The van der Waals surface area contributed by atoms with Gasteiger partial charge in [-0.1, -0.05) is 23.5 Å². The zero-order valence-corrected chi connectivity index (χ0v) is 27.3. The van der Waals surface area contributed by atoms with Crippen molar-refractivity contribution in [2.24, 2.45) is 4.99 Å². The molecule has 0 bridgehead atoms. The number of nitriles is 1. The summed E-state index contributed by atoms with van der Waals surface area (Å²) in [5.74, 6) is -0.465. The second-order valence-corrected chi connectivity index (χ2v) is 13.7. The zero-order chi connectivity index (χ0) is 30.4. The molecule has 0 unspecified atom stereocenters.